The summed E-state index contributed by atoms with van der Waals surface area (Å²) in [5.41, 5.74) is 0.323. The SMILES string of the molecule is N#Cc1ccc([N+](=O)[O-])c(NCC(=O)NC2CC2)c1. The number of carbonyl (C=O) groups is 1. The predicted octanol–water partition coefficient (Wildman–Crippen LogP) is 1.16. The molecule has 0 spiro atoms. The molecule has 0 saturated heterocycles. The second-order valence-electron chi connectivity index (χ2n) is 4.30. The van der Waals surface area contributed by atoms with Gasteiger partial charge in [0.2, 0.25) is 5.91 Å². The van der Waals surface area contributed by atoms with E-state index in [4.69, 9.17) is 5.26 Å². The standard InChI is InChI=1S/C12H12N4O3/c13-6-8-1-4-11(16(18)19)10(5-8)14-7-12(17)15-9-2-3-9/h1,4-5,9,14H,2-3,7H2,(H,15,17). The molecule has 1 aliphatic rings. The van der Waals surface area contributed by atoms with Gasteiger partial charge >= 0.3 is 0 Å². The quantitative estimate of drug-likeness (QED) is 0.610. The molecule has 0 unspecified atom stereocenters. The molecule has 0 bridgehead atoms. The van der Waals surface area contributed by atoms with Crippen molar-refractivity contribution in [2.45, 2.75) is 18.9 Å². The number of hydrogen-bond donors (Lipinski definition) is 2. The molecule has 1 aromatic rings. The van der Waals surface area contributed by atoms with Gasteiger partial charge in [0.05, 0.1) is 23.1 Å². The van der Waals surface area contributed by atoms with Gasteiger partial charge < -0.3 is 10.6 Å². The van der Waals surface area contributed by atoms with E-state index in [9.17, 15) is 14.9 Å². The Bertz CT molecular complexity index is 561. The first-order valence-electron chi connectivity index (χ1n) is 5.82. The van der Waals surface area contributed by atoms with Crippen LogP contribution in [0.15, 0.2) is 18.2 Å². The van der Waals surface area contributed by atoms with Gasteiger partial charge in [-0.2, -0.15) is 5.26 Å². The summed E-state index contributed by atoms with van der Waals surface area (Å²) in [5.74, 6) is -0.209. The molecule has 0 aromatic heterocycles. The van der Waals surface area contributed by atoms with Gasteiger partial charge in [-0.15, -0.1) is 0 Å². The lowest BCUT2D eigenvalue weighted by Crippen LogP contribution is -2.31. The summed E-state index contributed by atoms with van der Waals surface area (Å²) in [6.45, 7) is -0.0494. The molecule has 0 atom stereocenters. The van der Waals surface area contributed by atoms with Crippen LogP contribution in [-0.4, -0.2) is 23.4 Å². The van der Waals surface area contributed by atoms with E-state index in [2.05, 4.69) is 10.6 Å². The van der Waals surface area contributed by atoms with Crippen LogP contribution in [0.25, 0.3) is 0 Å². The maximum Gasteiger partial charge on any atom is 0.292 e. The van der Waals surface area contributed by atoms with Crippen LogP contribution >= 0.6 is 0 Å². The fourth-order valence-electron chi connectivity index (χ4n) is 1.59. The molecule has 0 radical (unpaired) electrons. The van der Waals surface area contributed by atoms with Crippen LogP contribution in [0, 0.1) is 21.4 Å². The summed E-state index contributed by atoms with van der Waals surface area (Å²) in [6.07, 6.45) is 1.96. The Morgan fingerprint density at radius 1 is 1.53 bits per heavy atom. The van der Waals surface area contributed by atoms with Crippen LogP contribution in [0.2, 0.25) is 0 Å². The molecule has 98 valence electrons. The average molecular weight is 260 g/mol. The van der Waals surface area contributed by atoms with Crippen molar-refractivity contribution in [3.63, 3.8) is 0 Å². The van der Waals surface area contributed by atoms with Crippen LogP contribution in [0.1, 0.15) is 18.4 Å². The number of anilines is 1. The Balaban J connectivity index is 2.06. The summed E-state index contributed by atoms with van der Waals surface area (Å²) in [6, 6.07) is 6.13. The van der Waals surface area contributed by atoms with Gasteiger partial charge in [-0.1, -0.05) is 0 Å². The van der Waals surface area contributed by atoms with E-state index in [1.54, 1.807) is 0 Å². The van der Waals surface area contributed by atoms with Crippen molar-refractivity contribution >= 4 is 17.3 Å². The topological polar surface area (TPSA) is 108 Å². The minimum atomic E-state index is -0.553. The first-order chi connectivity index (χ1) is 9.10. The number of carbonyl (C=O) groups excluding carboxylic acids is 1. The Morgan fingerprint density at radius 2 is 2.26 bits per heavy atom. The highest BCUT2D eigenvalue weighted by molar-refractivity contribution is 5.82. The lowest BCUT2D eigenvalue weighted by molar-refractivity contribution is -0.384. The Hall–Kier alpha value is -2.62. The van der Waals surface area contributed by atoms with Gasteiger partial charge in [-0.05, 0) is 25.0 Å². The fourth-order valence-corrected chi connectivity index (χ4v) is 1.59. The van der Waals surface area contributed by atoms with Gasteiger partial charge in [0.1, 0.15) is 5.69 Å². The molecule has 2 N–H and O–H groups in total. The normalized spacial score (nSPS) is 13.4. The summed E-state index contributed by atoms with van der Waals surface area (Å²) >= 11 is 0. The molecule has 7 nitrogen and oxygen atoms in total. The molecule has 1 saturated carbocycles. The van der Waals surface area contributed by atoms with Gasteiger partial charge in [-0.3, -0.25) is 14.9 Å². The van der Waals surface area contributed by atoms with E-state index in [1.807, 2.05) is 6.07 Å². The second-order valence-corrected chi connectivity index (χ2v) is 4.30. The summed E-state index contributed by atoms with van der Waals surface area (Å²) in [4.78, 5) is 21.8. The number of benzene rings is 1. The molecule has 0 heterocycles. The van der Waals surface area contributed by atoms with Crippen LogP contribution in [0.5, 0.6) is 0 Å². The van der Waals surface area contributed by atoms with Crippen LogP contribution in [-0.2, 0) is 4.79 Å². The molecule has 2 rings (SSSR count). The van der Waals surface area contributed by atoms with Crippen LogP contribution < -0.4 is 10.6 Å². The minimum absolute atomic E-state index is 0.0494. The first kappa shape index (κ1) is 12.8. The maximum atomic E-state index is 11.5. The highest BCUT2D eigenvalue weighted by atomic mass is 16.6. The molecule has 1 fully saturated rings. The average Bonchev–Trinajstić information content (AvgIpc) is 3.19. The second kappa shape index (κ2) is 5.35. The highest BCUT2D eigenvalue weighted by Gasteiger charge is 2.23. The molecule has 0 aliphatic heterocycles. The Morgan fingerprint density at radius 3 is 2.84 bits per heavy atom. The smallest absolute Gasteiger partial charge is 0.292 e. The third-order valence-electron chi connectivity index (χ3n) is 2.70. The molecule has 7 heteroatoms. The summed E-state index contributed by atoms with van der Waals surface area (Å²) in [7, 11) is 0. The highest BCUT2D eigenvalue weighted by Crippen LogP contribution is 2.25. The Kier molecular flexibility index (Phi) is 3.61. The van der Waals surface area contributed by atoms with Gasteiger partial charge in [0.15, 0.2) is 0 Å². The first-order valence-corrected chi connectivity index (χ1v) is 5.82. The van der Waals surface area contributed by atoms with Crippen molar-refractivity contribution in [2.75, 3.05) is 11.9 Å². The number of hydrogen-bond acceptors (Lipinski definition) is 5. The van der Waals surface area contributed by atoms with Crippen molar-refractivity contribution in [2.24, 2.45) is 0 Å². The number of nitro groups is 1. The van der Waals surface area contributed by atoms with E-state index in [0.29, 0.717) is 5.56 Å². The third kappa shape index (κ3) is 3.42. The van der Waals surface area contributed by atoms with Crippen molar-refractivity contribution in [3.05, 3.63) is 33.9 Å². The third-order valence-corrected chi connectivity index (χ3v) is 2.70. The molecule has 1 aromatic carbocycles. The van der Waals surface area contributed by atoms with Crippen LogP contribution in [0.4, 0.5) is 11.4 Å². The number of nitriles is 1. The Labute approximate surface area is 109 Å². The van der Waals surface area contributed by atoms with Gasteiger partial charge in [-0.25, -0.2) is 0 Å². The van der Waals surface area contributed by atoms with E-state index >= 15 is 0 Å². The van der Waals surface area contributed by atoms with E-state index in [1.165, 1.54) is 18.2 Å². The summed E-state index contributed by atoms with van der Waals surface area (Å²) in [5, 5.41) is 25.1. The number of nitrogens with one attached hydrogen (secondary N) is 2. The van der Waals surface area contributed by atoms with Gasteiger partial charge in [0, 0.05) is 12.1 Å². The largest absolute Gasteiger partial charge is 0.371 e. The van der Waals surface area contributed by atoms with E-state index in [-0.39, 0.29) is 29.9 Å². The molecule has 1 aliphatic carbocycles. The maximum absolute atomic E-state index is 11.5. The summed E-state index contributed by atoms with van der Waals surface area (Å²) < 4.78 is 0. The van der Waals surface area contributed by atoms with E-state index < -0.39 is 4.92 Å². The van der Waals surface area contributed by atoms with Crippen molar-refractivity contribution in [3.8, 4) is 6.07 Å². The van der Waals surface area contributed by atoms with Crippen molar-refractivity contribution < 1.29 is 9.72 Å². The monoisotopic (exact) mass is 260 g/mol. The molecule has 1 amide bonds. The fraction of sp³-hybridized carbons (Fsp3) is 0.333. The number of nitrogens with zero attached hydrogens (tertiary/aromatic N) is 2. The zero-order valence-corrected chi connectivity index (χ0v) is 10.0. The molecular formula is C12H12N4O3. The van der Waals surface area contributed by atoms with E-state index in [0.717, 1.165) is 12.8 Å². The molecular weight excluding hydrogens is 248 g/mol. The zero-order chi connectivity index (χ0) is 13.8. The zero-order valence-electron chi connectivity index (χ0n) is 10.0. The van der Waals surface area contributed by atoms with Gasteiger partial charge in [0.25, 0.3) is 5.69 Å². The predicted molar refractivity (Wildman–Crippen MR) is 67.5 cm³/mol. The van der Waals surface area contributed by atoms with Crippen molar-refractivity contribution in [1.29, 1.82) is 5.26 Å². The number of rotatable bonds is 5. The molecule has 19 heavy (non-hydrogen) atoms. The number of amides is 1. The lowest BCUT2D eigenvalue weighted by atomic mass is 10.2. The van der Waals surface area contributed by atoms with Crippen LogP contribution in [0.3, 0.4) is 0 Å². The lowest BCUT2D eigenvalue weighted by Gasteiger charge is -2.07. The number of nitro benzene ring substituents is 1. The minimum Gasteiger partial charge on any atom is -0.371 e. The van der Waals surface area contributed by atoms with Crippen molar-refractivity contribution in [1.82, 2.24) is 5.32 Å².